The number of ether oxygens (including phenoxy) is 2. The van der Waals surface area contributed by atoms with Crippen molar-refractivity contribution < 1.29 is 9.47 Å². The third kappa shape index (κ3) is 6.14. The Morgan fingerprint density at radius 1 is 1.21 bits per heavy atom. The van der Waals surface area contributed by atoms with E-state index in [1.54, 1.807) is 14.2 Å². The van der Waals surface area contributed by atoms with E-state index in [2.05, 4.69) is 43.4 Å². The van der Waals surface area contributed by atoms with Crippen molar-refractivity contribution >= 4 is 5.96 Å². The predicted octanol–water partition coefficient (Wildman–Crippen LogP) is 2.78. The highest BCUT2D eigenvalue weighted by molar-refractivity contribution is 5.80. The Kier molecular flexibility index (Phi) is 8.36. The Morgan fingerprint density at radius 3 is 2.52 bits per heavy atom. The van der Waals surface area contributed by atoms with Crippen molar-refractivity contribution in [2.45, 2.75) is 46.6 Å². The summed E-state index contributed by atoms with van der Waals surface area (Å²) in [6.07, 6.45) is 1.73. The van der Waals surface area contributed by atoms with Crippen LogP contribution < -0.4 is 20.1 Å². The molecule has 1 atom stereocenters. The van der Waals surface area contributed by atoms with Crippen molar-refractivity contribution in [3.8, 4) is 11.5 Å². The molecular formula is C22H35N5O2. The number of hydrogen-bond donors (Lipinski definition) is 2. The van der Waals surface area contributed by atoms with Gasteiger partial charge in [-0.3, -0.25) is 9.67 Å². The first-order valence-electron chi connectivity index (χ1n) is 10.1. The number of nitrogens with one attached hydrogen (secondary N) is 2. The average molecular weight is 402 g/mol. The molecule has 0 aliphatic rings. The summed E-state index contributed by atoms with van der Waals surface area (Å²) in [6, 6.07) is 6.23. The van der Waals surface area contributed by atoms with Gasteiger partial charge in [-0.2, -0.15) is 5.10 Å². The standard InChI is InChI=1S/C22H35N5O2/c1-8-23-22(25-15(2)13-19-16(3)26-27(5)17(19)4)24-12-11-18-9-10-20(28-6)21(14-18)29-7/h9-10,14-15H,8,11-13H2,1-7H3,(H2,23,24,25). The third-order valence-corrected chi connectivity index (χ3v) is 5.01. The molecule has 0 bridgehead atoms. The zero-order chi connectivity index (χ0) is 21.4. The van der Waals surface area contributed by atoms with E-state index < -0.39 is 0 Å². The molecule has 7 heteroatoms. The molecule has 0 fully saturated rings. The van der Waals surface area contributed by atoms with E-state index in [1.165, 1.54) is 11.3 Å². The summed E-state index contributed by atoms with van der Waals surface area (Å²) in [5.74, 6) is 2.32. The number of aromatic nitrogens is 2. The normalized spacial score (nSPS) is 12.6. The Morgan fingerprint density at radius 2 is 1.93 bits per heavy atom. The van der Waals surface area contributed by atoms with Crippen LogP contribution in [0.3, 0.4) is 0 Å². The molecule has 0 aliphatic carbocycles. The van der Waals surface area contributed by atoms with Crippen LogP contribution in [0.1, 0.15) is 36.4 Å². The van der Waals surface area contributed by atoms with E-state index in [9.17, 15) is 0 Å². The van der Waals surface area contributed by atoms with Crippen molar-refractivity contribution in [3.63, 3.8) is 0 Å². The lowest BCUT2D eigenvalue weighted by Gasteiger charge is -2.18. The number of hydrogen-bond acceptors (Lipinski definition) is 4. The maximum absolute atomic E-state index is 5.38. The highest BCUT2D eigenvalue weighted by Crippen LogP contribution is 2.27. The number of nitrogens with zero attached hydrogens (tertiary/aromatic N) is 3. The van der Waals surface area contributed by atoms with Crippen molar-refractivity contribution in [2.24, 2.45) is 12.0 Å². The maximum Gasteiger partial charge on any atom is 0.191 e. The molecule has 0 saturated heterocycles. The molecular weight excluding hydrogens is 366 g/mol. The second-order valence-electron chi connectivity index (χ2n) is 7.22. The highest BCUT2D eigenvalue weighted by atomic mass is 16.5. The Balaban J connectivity index is 1.98. The minimum Gasteiger partial charge on any atom is -0.493 e. The van der Waals surface area contributed by atoms with E-state index >= 15 is 0 Å². The van der Waals surface area contributed by atoms with Crippen LogP contribution in [0.2, 0.25) is 0 Å². The van der Waals surface area contributed by atoms with Gasteiger partial charge in [-0.05, 0) is 63.8 Å². The van der Waals surface area contributed by atoms with Crippen LogP contribution in [-0.4, -0.2) is 49.1 Å². The minimum atomic E-state index is 0.246. The molecule has 2 N–H and O–H groups in total. The van der Waals surface area contributed by atoms with Gasteiger partial charge in [0.25, 0.3) is 0 Å². The molecule has 0 saturated carbocycles. The van der Waals surface area contributed by atoms with Gasteiger partial charge in [0.2, 0.25) is 0 Å². The maximum atomic E-state index is 5.38. The zero-order valence-electron chi connectivity index (χ0n) is 18.8. The first-order chi connectivity index (χ1) is 13.9. The Bertz CT molecular complexity index is 829. The Hall–Kier alpha value is -2.70. The quantitative estimate of drug-likeness (QED) is 0.499. The van der Waals surface area contributed by atoms with Crippen LogP contribution in [0.4, 0.5) is 0 Å². The SMILES string of the molecule is CCNC(=NCCc1ccc(OC)c(OC)c1)NC(C)Cc1c(C)nn(C)c1C. The number of aliphatic imine (C=N–C) groups is 1. The van der Waals surface area contributed by atoms with E-state index in [0.29, 0.717) is 6.54 Å². The van der Waals surface area contributed by atoms with Crippen molar-refractivity contribution in [3.05, 3.63) is 40.7 Å². The van der Waals surface area contributed by atoms with Gasteiger partial charge in [-0.15, -0.1) is 0 Å². The van der Waals surface area contributed by atoms with Gasteiger partial charge in [0, 0.05) is 31.9 Å². The van der Waals surface area contributed by atoms with Crippen LogP contribution in [0.5, 0.6) is 11.5 Å². The smallest absolute Gasteiger partial charge is 0.191 e. The molecule has 7 nitrogen and oxygen atoms in total. The summed E-state index contributed by atoms with van der Waals surface area (Å²) in [7, 11) is 5.29. The number of methoxy groups -OCH3 is 2. The number of benzene rings is 1. The lowest BCUT2D eigenvalue weighted by atomic mass is 10.1. The molecule has 1 unspecified atom stereocenters. The molecule has 2 aromatic rings. The van der Waals surface area contributed by atoms with E-state index in [4.69, 9.17) is 14.5 Å². The van der Waals surface area contributed by atoms with Crippen LogP contribution in [-0.2, 0) is 19.9 Å². The largest absolute Gasteiger partial charge is 0.493 e. The van der Waals surface area contributed by atoms with Gasteiger partial charge in [0.1, 0.15) is 0 Å². The molecule has 29 heavy (non-hydrogen) atoms. The number of aryl methyl sites for hydroxylation is 2. The molecule has 160 valence electrons. The van der Waals surface area contributed by atoms with Crippen molar-refractivity contribution in [1.82, 2.24) is 20.4 Å². The second kappa shape index (κ2) is 10.7. The fourth-order valence-electron chi connectivity index (χ4n) is 3.36. The van der Waals surface area contributed by atoms with Gasteiger partial charge in [-0.25, -0.2) is 0 Å². The fraction of sp³-hybridized carbons (Fsp3) is 0.545. The summed E-state index contributed by atoms with van der Waals surface area (Å²) in [5, 5.41) is 11.4. The van der Waals surface area contributed by atoms with Crippen molar-refractivity contribution in [1.29, 1.82) is 0 Å². The molecule has 0 radical (unpaired) electrons. The number of rotatable bonds is 9. The molecule has 0 aliphatic heterocycles. The monoisotopic (exact) mass is 401 g/mol. The molecule has 2 rings (SSSR count). The molecule has 1 aromatic carbocycles. The first kappa shape index (κ1) is 22.6. The van der Waals surface area contributed by atoms with Crippen LogP contribution in [0, 0.1) is 13.8 Å². The average Bonchev–Trinajstić information content (AvgIpc) is 2.93. The topological polar surface area (TPSA) is 72.7 Å². The summed E-state index contributed by atoms with van der Waals surface area (Å²) in [5.41, 5.74) is 4.77. The van der Waals surface area contributed by atoms with Crippen molar-refractivity contribution in [2.75, 3.05) is 27.3 Å². The van der Waals surface area contributed by atoms with Crippen LogP contribution in [0.25, 0.3) is 0 Å². The molecule has 0 spiro atoms. The zero-order valence-corrected chi connectivity index (χ0v) is 18.8. The Labute approximate surface area is 174 Å². The van der Waals surface area contributed by atoms with Gasteiger partial charge in [0.15, 0.2) is 17.5 Å². The van der Waals surface area contributed by atoms with Gasteiger partial charge in [0.05, 0.1) is 19.9 Å². The van der Waals surface area contributed by atoms with Crippen LogP contribution >= 0.6 is 0 Å². The third-order valence-electron chi connectivity index (χ3n) is 5.01. The highest BCUT2D eigenvalue weighted by Gasteiger charge is 2.14. The fourth-order valence-corrected chi connectivity index (χ4v) is 3.36. The second-order valence-corrected chi connectivity index (χ2v) is 7.22. The number of guanidine groups is 1. The molecule has 0 amide bonds. The lowest BCUT2D eigenvalue weighted by Crippen LogP contribution is -2.43. The van der Waals surface area contributed by atoms with Gasteiger partial charge >= 0.3 is 0 Å². The summed E-state index contributed by atoms with van der Waals surface area (Å²) in [4.78, 5) is 4.74. The van der Waals surface area contributed by atoms with Gasteiger partial charge < -0.3 is 20.1 Å². The van der Waals surface area contributed by atoms with E-state index in [-0.39, 0.29) is 6.04 Å². The molecule has 1 heterocycles. The summed E-state index contributed by atoms with van der Waals surface area (Å²) in [6.45, 7) is 9.93. The minimum absolute atomic E-state index is 0.246. The lowest BCUT2D eigenvalue weighted by molar-refractivity contribution is 0.354. The summed E-state index contributed by atoms with van der Waals surface area (Å²) < 4.78 is 12.6. The van der Waals surface area contributed by atoms with E-state index in [1.807, 2.05) is 29.9 Å². The molecule has 1 aromatic heterocycles. The van der Waals surface area contributed by atoms with Gasteiger partial charge in [-0.1, -0.05) is 6.07 Å². The summed E-state index contributed by atoms with van der Waals surface area (Å²) >= 11 is 0. The van der Waals surface area contributed by atoms with E-state index in [0.717, 1.165) is 48.1 Å². The van der Waals surface area contributed by atoms with Crippen LogP contribution in [0.15, 0.2) is 23.2 Å². The first-order valence-corrected chi connectivity index (χ1v) is 10.1. The predicted molar refractivity (Wildman–Crippen MR) is 118 cm³/mol.